The molecule has 0 aliphatic rings. The average molecular weight is 1420 g/mol. The summed E-state index contributed by atoms with van der Waals surface area (Å²) in [4.78, 5) is 0. The van der Waals surface area contributed by atoms with Crippen molar-refractivity contribution in [2.45, 2.75) is 0 Å². The van der Waals surface area contributed by atoms with Gasteiger partial charge in [0, 0.05) is 0 Å². The molecule has 0 heterocycles. The van der Waals surface area contributed by atoms with Gasteiger partial charge >= 0.3 is 19.5 Å². The van der Waals surface area contributed by atoms with Gasteiger partial charge in [0.05, 0.1) is 0 Å². The largest absolute Gasteiger partial charge is 2.00 e. The standard InChI is InChI=1S/2C24BF20.Zn/c2*26-5-1(6(27)14(35)21(42)13(5)34)25(2-7(28)15(36)22(43)16(37)8(2)29,3-9(30)17(38)23(44)18(39)10(3)31)4-11(32)19(40)24(45)20(41)12(4)33;/q2*-1;+2. The Morgan fingerprint density at radius 2 is 0.132 bits per heavy atom. The zero-order chi connectivity index (χ0) is 68.7. The summed E-state index contributed by atoms with van der Waals surface area (Å²) >= 11 is 0. The Bertz CT molecular complexity index is 3430. The number of hydrogen-bond acceptors (Lipinski definition) is 0. The van der Waals surface area contributed by atoms with Crippen LogP contribution in [-0.4, -0.2) is 12.3 Å². The van der Waals surface area contributed by atoms with Crippen LogP contribution < -0.4 is 43.7 Å². The van der Waals surface area contributed by atoms with E-state index in [-0.39, 0.29) is 19.5 Å². The van der Waals surface area contributed by atoms with Crippen molar-refractivity contribution in [1.29, 1.82) is 0 Å². The van der Waals surface area contributed by atoms with Crippen molar-refractivity contribution in [3.8, 4) is 0 Å². The molecule has 91 heavy (non-hydrogen) atoms. The maximum atomic E-state index is 15.4. The summed E-state index contributed by atoms with van der Waals surface area (Å²) < 4.78 is 588. The van der Waals surface area contributed by atoms with Crippen LogP contribution in [0.1, 0.15) is 0 Å². The Hall–Kier alpha value is -8.29. The molecule has 480 valence electrons. The monoisotopic (exact) mass is 1420 g/mol. The molecule has 0 amide bonds. The maximum Gasteiger partial charge on any atom is 2.00 e. The molecule has 0 unspecified atom stereocenters. The second kappa shape index (κ2) is 24.4. The normalized spacial score (nSPS) is 11.9. The minimum atomic E-state index is -7.22. The van der Waals surface area contributed by atoms with Crippen LogP contribution in [0.3, 0.4) is 0 Å². The van der Waals surface area contributed by atoms with Gasteiger partial charge in [0.15, 0.2) is 140 Å². The molecular formula is C48B2F40Zn. The SMILES string of the molecule is Fc1c(F)c(F)c([B-](c2c(F)c(F)c(F)c(F)c2F)(c2c(F)c(F)c(F)c(F)c2F)c2c(F)c(F)c(F)c(F)c2F)c(F)c1F.Fc1c(F)c(F)c([B-](c2c(F)c(F)c(F)c(F)c2F)(c2c(F)c(F)c(F)c(F)c2F)c2c(F)c(F)c(F)c(F)c2F)c(F)c1F.[Zn+2]. The van der Waals surface area contributed by atoms with Crippen LogP contribution in [0, 0.1) is 233 Å². The first-order valence-electron chi connectivity index (χ1n) is 21.9. The van der Waals surface area contributed by atoms with Crippen molar-refractivity contribution in [2.24, 2.45) is 0 Å². The predicted molar refractivity (Wildman–Crippen MR) is 218 cm³/mol. The summed E-state index contributed by atoms with van der Waals surface area (Å²) in [5.74, 6) is -143. The molecular weight excluding hydrogens is 1420 g/mol. The van der Waals surface area contributed by atoms with E-state index in [4.69, 9.17) is 0 Å². The van der Waals surface area contributed by atoms with Gasteiger partial charge in [-0.2, -0.15) is 0 Å². The minimum absolute atomic E-state index is 0. The smallest absolute Gasteiger partial charge is 0.207 e. The molecule has 0 atom stereocenters. The van der Waals surface area contributed by atoms with Gasteiger partial charge < -0.3 is 0 Å². The molecule has 0 nitrogen and oxygen atoms in total. The molecule has 0 aliphatic heterocycles. The summed E-state index contributed by atoms with van der Waals surface area (Å²) in [6.07, 6.45) is -14.4. The van der Waals surface area contributed by atoms with Gasteiger partial charge in [-0.15, -0.1) is 43.7 Å². The van der Waals surface area contributed by atoms with E-state index in [1.54, 1.807) is 0 Å². The van der Waals surface area contributed by atoms with Crippen LogP contribution in [0.5, 0.6) is 0 Å². The van der Waals surface area contributed by atoms with Crippen LogP contribution in [0.25, 0.3) is 0 Å². The topological polar surface area (TPSA) is 0 Å². The maximum absolute atomic E-state index is 15.4. The third-order valence-corrected chi connectivity index (χ3v) is 13.4. The Balaban J connectivity index is 0.000000286. The van der Waals surface area contributed by atoms with Crippen molar-refractivity contribution in [1.82, 2.24) is 0 Å². The van der Waals surface area contributed by atoms with E-state index >= 15 is 70.2 Å². The molecule has 0 saturated heterocycles. The van der Waals surface area contributed by atoms with E-state index in [1.807, 2.05) is 0 Å². The number of halogens is 40. The Labute approximate surface area is 483 Å². The van der Waals surface area contributed by atoms with Crippen LogP contribution in [0.2, 0.25) is 0 Å². The first kappa shape index (κ1) is 71.8. The molecule has 8 aromatic carbocycles. The molecule has 0 radical (unpaired) electrons. The zero-order valence-corrected chi connectivity index (χ0v) is 43.9. The first-order valence-corrected chi connectivity index (χ1v) is 21.9. The second-order valence-electron chi connectivity index (χ2n) is 17.6. The average Bonchev–Trinajstić information content (AvgIpc) is 0.690. The van der Waals surface area contributed by atoms with Crippen molar-refractivity contribution in [3.05, 3.63) is 233 Å². The van der Waals surface area contributed by atoms with E-state index in [2.05, 4.69) is 0 Å². The number of hydrogen-bond donors (Lipinski definition) is 0. The molecule has 8 aromatic rings. The van der Waals surface area contributed by atoms with Gasteiger partial charge in [-0.1, -0.05) is 0 Å². The predicted octanol–water partition coefficient (Wildman–Crippen LogP) is 11.7. The molecule has 0 N–H and O–H groups in total. The van der Waals surface area contributed by atoms with Crippen molar-refractivity contribution >= 4 is 56.0 Å². The van der Waals surface area contributed by atoms with E-state index < -0.39 is 289 Å². The Kier molecular flexibility index (Phi) is 19.2. The minimum Gasteiger partial charge on any atom is -0.207 e. The molecule has 0 saturated carbocycles. The van der Waals surface area contributed by atoms with Crippen LogP contribution >= 0.6 is 0 Å². The van der Waals surface area contributed by atoms with E-state index in [1.165, 1.54) is 0 Å². The molecule has 0 aliphatic carbocycles. The fourth-order valence-corrected chi connectivity index (χ4v) is 9.75. The first-order chi connectivity index (χ1) is 41.4. The van der Waals surface area contributed by atoms with Crippen LogP contribution in [-0.2, 0) is 19.5 Å². The second-order valence-corrected chi connectivity index (χ2v) is 17.6. The summed E-state index contributed by atoms with van der Waals surface area (Å²) in [6.45, 7) is 0. The van der Waals surface area contributed by atoms with Gasteiger partial charge in [0.2, 0.25) is 0 Å². The summed E-state index contributed by atoms with van der Waals surface area (Å²) in [5.41, 5.74) is -28.7. The van der Waals surface area contributed by atoms with Gasteiger partial charge in [0.1, 0.15) is 105 Å². The van der Waals surface area contributed by atoms with E-state index in [9.17, 15) is 105 Å². The van der Waals surface area contributed by atoms with Crippen molar-refractivity contribution in [2.75, 3.05) is 0 Å². The molecule has 43 heteroatoms. The summed E-state index contributed by atoms with van der Waals surface area (Å²) in [7, 11) is 0. The third kappa shape index (κ3) is 9.67. The van der Waals surface area contributed by atoms with E-state index in [0.29, 0.717) is 0 Å². The van der Waals surface area contributed by atoms with Crippen LogP contribution in [0.15, 0.2) is 0 Å². The van der Waals surface area contributed by atoms with Gasteiger partial charge in [-0.25, -0.2) is 176 Å². The van der Waals surface area contributed by atoms with Gasteiger partial charge in [-0.3, -0.25) is 0 Å². The van der Waals surface area contributed by atoms with E-state index in [0.717, 1.165) is 0 Å². The summed E-state index contributed by atoms with van der Waals surface area (Å²) in [6, 6.07) is 0. The fourth-order valence-electron chi connectivity index (χ4n) is 9.75. The Morgan fingerprint density at radius 3 is 0.187 bits per heavy atom. The number of rotatable bonds is 8. The molecule has 0 fully saturated rings. The van der Waals surface area contributed by atoms with Gasteiger partial charge in [0.25, 0.3) is 0 Å². The fraction of sp³-hybridized carbons (Fsp3) is 0. The Morgan fingerprint density at radius 1 is 0.0879 bits per heavy atom. The van der Waals surface area contributed by atoms with Crippen molar-refractivity contribution < 1.29 is 195 Å². The molecule has 0 bridgehead atoms. The molecule has 8 rings (SSSR count). The quantitative estimate of drug-likeness (QED) is 0.0616. The number of benzene rings is 8. The molecule has 0 aromatic heterocycles. The van der Waals surface area contributed by atoms with Crippen LogP contribution in [0.4, 0.5) is 176 Å². The third-order valence-electron chi connectivity index (χ3n) is 13.4. The molecule has 0 spiro atoms. The zero-order valence-electron chi connectivity index (χ0n) is 41.0. The van der Waals surface area contributed by atoms with Gasteiger partial charge in [-0.05, 0) is 0 Å². The summed E-state index contributed by atoms with van der Waals surface area (Å²) in [5, 5.41) is 0. The van der Waals surface area contributed by atoms with Crippen molar-refractivity contribution in [3.63, 3.8) is 0 Å².